The number of amides is 1. The number of nitrogens with zero attached hydrogens (tertiary/aromatic N) is 1. The van der Waals surface area contributed by atoms with Crippen LogP contribution in [0.3, 0.4) is 0 Å². The van der Waals surface area contributed by atoms with E-state index >= 15 is 0 Å². The zero-order valence-corrected chi connectivity index (χ0v) is 12.5. The van der Waals surface area contributed by atoms with Crippen LogP contribution >= 0.6 is 0 Å². The van der Waals surface area contributed by atoms with Crippen LogP contribution in [-0.2, 0) is 4.79 Å². The van der Waals surface area contributed by atoms with Gasteiger partial charge in [-0.05, 0) is 37.5 Å². The second kappa shape index (κ2) is 5.80. The molecule has 4 heteroatoms. The molecular weight excluding hydrogens is 240 g/mol. The lowest BCUT2D eigenvalue weighted by Crippen LogP contribution is -2.57. The first-order valence-corrected chi connectivity index (χ1v) is 7.61. The Labute approximate surface area is 116 Å². The number of hydrogen-bond acceptors (Lipinski definition) is 3. The van der Waals surface area contributed by atoms with Crippen LogP contribution in [0.15, 0.2) is 0 Å². The summed E-state index contributed by atoms with van der Waals surface area (Å²) in [5, 5.41) is 12.8. The Kier molecular flexibility index (Phi) is 4.51. The lowest BCUT2D eigenvalue weighted by Gasteiger charge is -2.44. The van der Waals surface area contributed by atoms with E-state index in [1.807, 2.05) is 4.90 Å². The zero-order chi connectivity index (χ0) is 14.0. The van der Waals surface area contributed by atoms with E-state index in [0.29, 0.717) is 12.5 Å². The first kappa shape index (κ1) is 14.8. The van der Waals surface area contributed by atoms with Gasteiger partial charge < -0.3 is 15.3 Å². The van der Waals surface area contributed by atoms with Crippen LogP contribution in [0.4, 0.5) is 0 Å². The molecule has 1 saturated heterocycles. The van der Waals surface area contributed by atoms with Crippen molar-refractivity contribution in [1.29, 1.82) is 0 Å². The molecule has 1 amide bonds. The van der Waals surface area contributed by atoms with E-state index in [4.69, 9.17) is 0 Å². The highest BCUT2D eigenvalue weighted by Gasteiger charge is 2.39. The third-order valence-electron chi connectivity index (χ3n) is 4.27. The first-order valence-electron chi connectivity index (χ1n) is 7.61. The molecule has 2 rings (SSSR count). The average molecular weight is 268 g/mol. The number of carbonyl (C=O) groups is 1. The topological polar surface area (TPSA) is 52.6 Å². The predicted octanol–water partition coefficient (Wildman–Crippen LogP) is 1.53. The van der Waals surface area contributed by atoms with Gasteiger partial charge in [0.1, 0.15) is 0 Å². The van der Waals surface area contributed by atoms with Crippen LogP contribution in [0.1, 0.15) is 52.9 Å². The molecule has 1 heterocycles. The van der Waals surface area contributed by atoms with Gasteiger partial charge in [-0.1, -0.05) is 20.8 Å². The number of nitrogens with one attached hydrogen (secondary N) is 1. The van der Waals surface area contributed by atoms with E-state index in [2.05, 4.69) is 26.1 Å². The van der Waals surface area contributed by atoms with E-state index in [1.54, 1.807) is 0 Å². The fraction of sp³-hybridized carbons (Fsp3) is 0.933. The fourth-order valence-corrected chi connectivity index (χ4v) is 3.08. The Morgan fingerprint density at radius 1 is 1.37 bits per heavy atom. The Morgan fingerprint density at radius 3 is 2.58 bits per heavy atom. The van der Waals surface area contributed by atoms with Crippen LogP contribution in [0.25, 0.3) is 0 Å². The highest BCUT2D eigenvalue weighted by molar-refractivity contribution is 5.83. The number of rotatable bonds is 5. The molecule has 0 spiro atoms. The summed E-state index contributed by atoms with van der Waals surface area (Å²) in [6, 6.07) is 0.707. The second-order valence-electron chi connectivity index (χ2n) is 7.06. The Bertz CT molecular complexity index is 321. The van der Waals surface area contributed by atoms with E-state index in [0.717, 1.165) is 19.4 Å². The van der Waals surface area contributed by atoms with Gasteiger partial charge in [-0.2, -0.15) is 0 Å². The molecule has 1 saturated carbocycles. The van der Waals surface area contributed by atoms with Crippen molar-refractivity contribution in [2.75, 3.05) is 13.2 Å². The number of piperidine rings is 1. The van der Waals surface area contributed by atoms with E-state index in [9.17, 15) is 9.90 Å². The van der Waals surface area contributed by atoms with E-state index in [-0.39, 0.29) is 30.0 Å². The number of aliphatic hydroxyl groups is 1. The van der Waals surface area contributed by atoms with Crippen LogP contribution in [0.2, 0.25) is 0 Å². The molecule has 4 nitrogen and oxygen atoms in total. The third-order valence-corrected chi connectivity index (χ3v) is 4.27. The third kappa shape index (κ3) is 3.69. The number of carbonyl (C=O) groups excluding carboxylic acids is 1. The van der Waals surface area contributed by atoms with Gasteiger partial charge >= 0.3 is 0 Å². The SMILES string of the molecule is CC(C)(C)C(CCO)N1CCCC(NC2CC2)C1=O. The summed E-state index contributed by atoms with van der Waals surface area (Å²) >= 11 is 0. The van der Waals surface area contributed by atoms with Gasteiger partial charge in [-0.25, -0.2) is 0 Å². The number of likely N-dealkylation sites (tertiary alicyclic amines) is 1. The molecule has 2 N–H and O–H groups in total. The molecule has 2 fully saturated rings. The Hall–Kier alpha value is -0.610. The monoisotopic (exact) mass is 268 g/mol. The van der Waals surface area contributed by atoms with Gasteiger partial charge in [0.05, 0.1) is 6.04 Å². The van der Waals surface area contributed by atoms with Crippen molar-refractivity contribution < 1.29 is 9.90 Å². The van der Waals surface area contributed by atoms with Crippen LogP contribution in [0, 0.1) is 5.41 Å². The summed E-state index contributed by atoms with van der Waals surface area (Å²) in [5.41, 5.74) is 0.0138. The van der Waals surface area contributed by atoms with Gasteiger partial charge in [-0.15, -0.1) is 0 Å². The summed E-state index contributed by atoms with van der Waals surface area (Å²) in [7, 11) is 0. The van der Waals surface area contributed by atoms with Crippen molar-refractivity contribution >= 4 is 5.91 Å². The van der Waals surface area contributed by atoms with Crippen LogP contribution in [-0.4, -0.2) is 47.2 Å². The molecule has 1 aliphatic carbocycles. The predicted molar refractivity (Wildman–Crippen MR) is 75.8 cm³/mol. The van der Waals surface area contributed by atoms with E-state index in [1.165, 1.54) is 12.8 Å². The van der Waals surface area contributed by atoms with Gasteiger partial charge in [-0.3, -0.25) is 4.79 Å². The van der Waals surface area contributed by atoms with Crippen molar-refractivity contribution in [3.05, 3.63) is 0 Å². The average Bonchev–Trinajstić information content (AvgIpc) is 3.12. The maximum absolute atomic E-state index is 12.6. The minimum Gasteiger partial charge on any atom is -0.396 e. The van der Waals surface area contributed by atoms with Crippen LogP contribution in [0.5, 0.6) is 0 Å². The Morgan fingerprint density at radius 2 is 2.05 bits per heavy atom. The van der Waals surface area contributed by atoms with Crippen molar-refractivity contribution in [1.82, 2.24) is 10.2 Å². The lowest BCUT2D eigenvalue weighted by molar-refractivity contribution is -0.141. The fourth-order valence-electron chi connectivity index (χ4n) is 3.08. The molecule has 0 aromatic carbocycles. The van der Waals surface area contributed by atoms with Crippen LogP contribution < -0.4 is 5.32 Å². The van der Waals surface area contributed by atoms with Gasteiger partial charge in [0.25, 0.3) is 0 Å². The van der Waals surface area contributed by atoms with E-state index < -0.39 is 0 Å². The first-order chi connectivity index (χ1) is 8.93. The molecule has 0 radical (unpaired) electrons. The van der Waals surface area contributed by atoms with Gasteiger partial charge in [0, 0.05) is 25.2 Å². The highest BCUT2D eigenvalue weighted by Crippen LogP contribution is 2.30. The van der Waals surface area contributed by atoms with Crippen molar-refractivity contribution in [3.8, 4) is 0 Å². The Balaban J connectivity index is 2.05. The maximum atomic E-state index is 12.6. The van der Waals surface area contributed by atoms with Crippen molar-refractivity contribution in [2.24, 2.45) is 5.41 Å². The summed E-state index contributed by atoms with van der Waals surface area (Å²) in [4.78, 5) is 14.6. The molecule has 2 atom stereocenters. The smallest absolute Gasteiger partial charge is 0.239 e. The minimum atomic E-state index is 0.00444. The highest BCUT2D eigenvalue weighted by atomic mass is 16.3. The molecular formula is C15H28N2O2. The maximum Gasteiger partial charge on any atom is 0.239 e. The van der Waals surface area contributed by atoms with Crippen molar-refractivity contribution in [3.63, 3.8) is 0 Å². The van der Waals surface area contributed by atoms with Gasteiger partial charge in [0.2, 0.25) is 5.91 Å². The summed E-state index contributed by atoms with van der Waals surface area (Å²) in [5.74, 6) is 0.242. The lowest BCUT2D eigenvalue weighted by atomic mass is 9.82. The molecule has 19 heavy (non-hydrogen) atoms. The molecule has 1 aliphatic heterocycles. The number of hydrogen-bond donors (Lipinski definition) is 2. The molecule has 110 valence electrons. The zero-order valence-electron chi connectivity index (χ0n) is 12.5. The summed E-state index contributed by atoms with van der Waals surface area (Å²) in [6.45, 7) is 7.44. The number of aliphatic hydroxyl groups excluding tert-OH is 1. The normalized spacial score (nSPS) is 26.6. The second-order valence-corrected chi connectivity index (χ2v) is 7.06. The quantitative estimate of drug-likeness (QED) is 0.795. The largest absolute Gasteiger partial charge is 0.396 e. The molecule has 0 bridgehead atoms. The molecule has 2 unspecified atom stereocenters. The summed E-state index contributed by atoms with van der Waals surface area (Å²) in [6.07, 6.45) is 5.12. The molecule has 0 aromatic heterocycles. The molecule has 0 aromatic rings. The molecule has 2 aliphatic rings. The minimum absolute atomic E-state index is 0.00444. The van der Waals surface area contributed by atoms with Crippen molar-refractivity contribution in [2.45, 2.75) is 71.0 Å². The van der Waals surface area contributed by atoms with Gasteiger partial charge in [0.15, 0.2) is 0 Å². The standard InChI is InChI=1S/C15H28N2O2/c1-15(2,3)13(8-10-18)17-9-4-5-12(14(17)19)16-11-6-7-11/h11-13,16,18H,4-10H2,1-3H3. The summed E-state index contributed by atoms with van der Waals surface area (Å²) < 4.78 is 0.